The van der Waals surface area contributed by atoms with Crippen molar-refractivity contribution in [3.05, 3.63) is 23.5 Å². The summed E-state index contributed by atoms with van der Waals surface area (Å²) in [6, 6.07) is 3.96. The second-order valence-electron chi connectivity index (χ2n) is 9.87. The molecule has 3 heterocycles. The minimum Gasteiger partial charge on any atom is -0.491 e. The first-order chi connectivity index (χ1) is 15.3. The number of rotatable bonds is 5. The Morgan fingerprint density at radius 2 is 1.91 bits per heavy atom. The molecule has 1 amide bonds. The maximum atomic E-state index is 12.7. The highest BCUT2D eigenvalue weighted by Gasteiger charge is 2.28. The predicted molar refractivity (Wildman–Crippen MR) is 127 cm³/mol. The number of amides is 1. The van der Waals surface area contributed by atoms with Crippen LogP contribution in [0.5, 0.6) is 5.75 Å². The number of nitrogens with zero attached hydrogens (tertiary/aromatic N) is 4. The van der Waals surface area contributed by atoms with Gasteiger partial charge in [0.15, 0.2) is 0 Å². The summed E-state index contributed by atoms with van der Waals surface area (Å²) >= 11 is 6.82. The molecular weight excluding hydrogens is 428 g/mol. The van der Waals surface area contributed by atoms with Gasteiger partial charge in [0.05, 0.1) is 23.4 Å². The van der Waals surface area contributed by atoms with Gasteiger partial charge in [0.2, 0.25) is 0 Å². The maximum absolute atomic E-state index is 12.7. The molecule has 0 bridgehead atoms. The fraction of sp³-hybridized carbons (Fsp3) is 0.667. The Morgan fingerprint density at radius 1 is 1.16 bits per heavy atom. The number of likely N-dealkylation sites (tertiary alicyclic amines) is 2. The normalized spacial score (nSPS) is 20.5. The second-order valence-corrected chi connectivity index (χ2v) is 10.2. The quantitative estimate of drug-likeness (QED) is 0.616. The highest BCUT2D eigenvalue weighted by molar-refractivity contribution is 6.36. The van der Waals surface area contributed by atoms with Gasteiger partial charge in [-0.15, -0.1) is 0 Å². The number of hydrogen-bond acceptors (Lipinski definition) is 5. The van der Waals surface area contributed by atoms with Crippen molar-refractivity contribution in [3.63, 3.8) is 0 Å². The van der Waals surface area contributed by atoms with Crippen molar-refractivity contribution in [2.75, 3.05) is 39.3 Å². The standard InChI is InChI=1S/C24H35ClN4O3/c1-24(2,3)32-23(30)28-13-5-4-8-18(16-28)29-17-26-19-9-10-20(21(25)22(19)29)31-15-14-27-11-6-7-12-27/h9-10,17-18H,4-8,11-16H2,1-3H3. The van der Waals surface area contributed by atoms with Crippen molar-refractivity contribution in [2.24, 2.45) is 0 Å². The van der Waals surface area contributed by atoms with E-state index < -0.39 is 5.60 Å². The van der Waals surface area contributed by atoms with Gasteiger partial charge in [-0.3, -0.25) is 4.90 Å². The largest absolute Gasteiger partial charge is 0.491 e. The molecule has 2 aliphatic heterocycles. The van der Waals surface area contributed by atoms with Gasteiger partial charge >= 0.3 is 6.09 Å². The molecule has 32 heavy (non-hydrogen) atoms. The first-order valence-electron chi connectivity index (χ1n) is 11.8. The van der Waals surface area contributed by atoms with Crippen LogP contribution >= 0.6 is 11.6 Å². The Morgan fingerprint density at radius 3 is 2.66 bits per heavy atom. The molecule has 1 atom stereocenters. The van der Waals surface area contributed by atoms with E-state index in [0.29, 0.717) is 30.5 Å². The summed E-state index contributed by atoms with van der Waals surface area (Å²) in [4.78, 5) is 21.5. The number of fused-ring (bicyclic) bond motifs is 1. The number of carbonyl (C=O) groups is 1. The smallest absolute Gasteiger partial charge is 0.410 e. The Balaban J connectivity index is 1.51. The van der Waals surface area contributed by atoms with Gasteiger partial charge in [0.1, 0.15) is 23.0 Å². The molecule has 1 unspecified atom stereocenters. The minimum atomic E-state index is -0.509. The lowest BCUT2D eigenvalue weighted by Crippen LogP contribution is -2.39. The van der Waals surface area contributed by atoms with Gasteiger partial charge in [-0.2, -0.15) is 0 Å². The molecule has 0 radical (unpaired) electrons. The third kappa shape index (κ3) is 5.49. The number of carbonyl (C=O) groups excluding carboxylic acids is 1. The van der Waals surface area contributed by atoms with Crippen molar-refractivity contribution in [1.29, 1.82) is 0 Å². The van der Waals surface area contributed by atoms with Crippen LogP contribution in [0.25, 0.3) is 11.0 Å². The molecule has 1 aromatic heterocycles. The van der Waals surface area contributed by atoms with E-state index in [9.17, 15) is 4.79 Å². The van der Waals surface area contributed by atoms with Crippen LogP contribution in [0.4, 0.5) is 4.79 Å². The number of hydrogen-bond donors (Lipinski definition) is 0. The van der Waals surface area contributed by atoms with Crippen LogP contribution in [0.3, 0.4) is 0 Å². The van der Waals surface area contributed by atoms with Crippen LogP contribution in [-0.2, 0) is 4.74 Å². The number of halogens is 1. The van der Waals surface area contributed by atoms with Gasteiger partial charge in [0.25, 0.3) is 0 Å². The lowest BCUT2D eigenvalue weighted by Gasteiger charge is -2.29. The third-order valence-electron chi connectivity index (χ3n) is 6.19. The minimum absolute atomic E-state index is 0.0902. The van der Waals surface area contributed by atoms with E-state index in [1.807, 2.05) is 44.1 Å². The van der Waals surface area contributed by atoms with Crippen molar-refractivity contribution < 1.29 is 14.3 Å². The molecular formula is C24H35ClN4O3. The average Bonchev–Trinajstić information content (AvgIpc) is 3.33. The molecule has 0 N–H and O–H groups in total. The van der Waals surface area contributed by atoms with Gasteiger partial charge in [0, 0.05) is 19.6 Å². The number of aromatic nitrogens is 2. The SMILES string of the molecule is CC(C)(C)OC(=O)N1CCCCC(n2cnc3ccc(OCCN4CCCC4)c(Cl)c32)C1. The van der Waals surface area contributed by atoms with Crippen molar-refractivity contribution in [1.82, 2.24) is 19.4 Å². The Kier molecular flexibility index (Phi) is 7.15. The molecule has 2 aromatic rings. The molecule has 8 heteroatoms. The maximum Gasteiger partial charge on any atom is 0.410 e. The van der Waals surface area contributed by atoms with Crippen molar-refractivity contribution in [2.45, 2.75) is 64.5 Å². The van der Waals surface area contributed by atoms with E-state index >= 15 is 0 Å². The number of ether oxygens (including phenoxy) is 2. The number of benzene rings is 1. The molecule has 0 spiro atoms. The van der Waals surface area contributed by atoms with E-state index in [1.165, 1.54) is 12.8 Å². The lowest BCUT2D eigenvalue weighted by atomic mass is 10.1. The van der Waals surface area contributed by atoms with Crippen LogP contribution in [0.1, 0.15) is 58.9 Å². The highest BCUT2D eigenvalue weighted by Crippen LogP contribution is 2.35. The molecule has 2 saturated heterocycles. The summed E-state index contributed by atoms with van der Waals surface area (Å²) in [7, 11) is 0. The van der Waals surface area contributed by atoms with Gasteiger partial charge in [-0.1, -0.05) is 11.6 Å². The molecule has 176 valence electrons. The third-order valence-corrected chi connectivity index (χ3v) is 6.56. The highest BCUT2D eigenvalue weighted by atomic mass is 35.5. The zero-order valence-corrected chi connectivity index (χ0v) is 20.2. The van der Waals surface area contributed by atoms with Gasteiger partial charge in [-0.05, 0) is 78.1 Å². The van der Waals surface area contributed by atoms with Crippen molar-refractivity contribution >= 4 is 28.7 Å². The van der Waals surface area contributed by atoms with Gasteiger partial charge in [-0.25, -0.2) is 9.78 Å². The summed E-state index contributed by atoms with van der Waals surface area (Å²) in [5, 5.41) is 0.592. The molecule has 1 aromatic carbocycles. The molecule has 4 rings (SSSR count). The molecule has 0 saturated carbocycles. The molecule has 0 aliphatic carbocycles. The van der Waals surface area contributed by atoms with Crippen LogP contribution in [0.2, 0.25) is 5.02 Å². The van der Waals surface area contributed by atoms with E-state index in [-0.39, 0.29) is 12.1 Å². The predicted octanol–water partition coefficient (Wildman–Crippen LogP) is 5.13. The van der Waals surface area contributed by atoms with Crippen LogP contribution in [0.15, 0.2) is 18.5 Å². The second kappa shape index (κ2) is 9.87. The Hall–Kier alpha value is -1.99. The first-order valence-corrected chi connectivity index (χ1v) is 12.2. The summed E-state index contributed by atoms with van der Waals surface area (Å²) in [5.74, 6) is 0.692. The van der Waals surface area contributed by atoms with E-state index in [2.05, 4.69) is 14.5 Å². The zero-order valence-electron chi connectivity index (χ0n) is 19.5. The molecule has 7 nitrogen and oxygen atoms in total. The molecule has 2 aliphatic rings. The van der Waals surface area contributed by atoms with E-state index in [1.54, 1.807) is 0 Å². The summed E-state index contributed by atoms with van der Waals surface area (Å²) < 4.78 is 13.8. The Labute approximate surface area is 195 Å². The van der Waals surface area contributed by atoms with Crippen molar-refractivity contribution in [3.8, 4) is 5.75 Å². The first kappa shape index (κ1) is 23.2. The lowest BCUT2D eigenvalue weighted by molar-refractivity contribution is 0.0238. The summed E-state index contributed by atoms with van der Waals surface area (Å²) in [5.41, 5.74) is 1.21. The van der Waals surface area contributed by atoms with Crippen LogP contribution < -0.4 is 4.74 Å². The van der Waals surface area contributed by atoms with Gasteiger partial charge < -0.3 is 18.9 Å². The van der Waals surface area contributed by atoms with Crippen LogP contribution in [0, 0.1) is 0 Å². The topological polar surface area (TPSA) is 59.8 Å². The summed E-state index contributed by atoms with van der Waals surface area (Å²) in [6.07, 6.45) is 7.08. The van der Waals surface area contributed by atoms with E-state index in [0.717, 1.165) is 49.9 Å². The summed E-state index contributed by atoms with van der Waals surface area (Å²) in [6.45, 7) is 10.8. The van der Waals surface area contributed by atoms with E-state index in [4.69, 9.17) is 21.1 Å². The Bertz CT molecular complexity index is 933. The monoisotopic (exact) mass is 462 g/mol. The number of imidazole rings is 1. The van der Waals surface area contributed by atoms with Crippen LogP contribution in [-0.4, -0.2) is 70.4 Å². The fourth-order valence-electron chi connectivity index (χ4n) is 4.59. The molecule has 2 fully saturated rings. The fourth-order valence-corrected chi connectivity index (χ4v) is 4.90. The zero-order chi connectivity index (χ0) is 22.7. The average molecular weight is 463 g/mol.